The predicted octanol–water partition coefficient (Wildman–Crippen LogP) is 3.68. The Hall–Kier alpha value is -1.46. The zero-order chi connectivity index (χ0) is 15.1. The number of aromatic nitrogens is 1. The highest BCUT2D eigenvalue weighted by atomic mass is 35.5. The summed E-state index contributed by atoms with van der Waals surface area (Å²) < 4.78 is 5.70. The van der Waals surface area contributed by atoms with Crippen molar-refractivity contribution >= 4 is 46.3 Å². The highest BCUT2D eigenvalue weighted by Crippen LogP contribution is 2.33. The number of piperidine rings is 1. The fraction of sp³-hybridized carbons (Fsp3) is 0.429. The molecule has 21 heavy (non-hydrogen) atoms. The van der Waals surface area contributed by atoms with Crippen LogP contribution in [0, 0.1) is 11.8 Å². The van der Waals surface area contributed by atoms with Crippen molar-refractivity contribution in [1.29, 1.82) is 0 Å². The summed E-state index contributed by atoms with van der Waals surface area (Å²) in [6.45, 7) is 3.12. The van der Waals surface area contributed by atoms with Crippen molar-refractivity contribution < 1.29 is 14.3 Å². The Bertz CT molecular complexity index is 701. The van der Waals surface area contributed by atoms with Gasteiger partial charge >= 0.3 is 5.97 Å². The molecule has 0 bridgehead atoms. The highest BCUT2D eigenvalue weighted by Gasteiger charge is 2.31. The highest BCUT2D eigenvalue weighted by molar-refractivity contribution is 6.38. The largest absolute Gasteiger partial charge is 0.481 e. The number of rotatable bonds is 2. The van der Waals surface area contributed by atoms with E-state index in [9.17, 15) is 9.90 Å². The maximum absolute atomic E-state index is 11.2. The number of hydrogen-bond donors (Lipinski definition) is 1. The van der Waals surface area contributed by atoms with Crippen LogP contribution in [0.3, 0.4) is 0 Å². The molecule has 2 heterocycles. The number of nitrogens with zero attached hydrogens (tertiary/aromatic N) is 2. The van der Waals surface area contributed by atoms with E-state index in [1.165, 1.54) is 0 Å². The third kappa shape index (κ3) is 2.80. The molecule has 112 valence electrons. The number of halogens is 2. The lowest BCUT2D eigenvalue weighted by atomic mass is 9.91. The number of aliphatic carboxylic acids is 1. The molecule has 0 radical (unpaired) electrons. The Kier molecular flexibility index (Phi) is 3.71. The van der Waals surface area contributed by atoms with E-state index in [2.05, 4.69) is 4.98 Å². The lowest BCUT2D eigenvalue weighted by Gasteiger charge is -2.33. The summed E-state index contributed by atoms with van der Waals surface area (Å²) in [6.07, 6.45) is 0.665. The molecule has 0 aliphatic carbocycles. The van der Waals surface area contributed by atoms with Crippen LogP contribution in [-0.2, 0) is 4.79 Å². The number of hydrogen-bond acceptors (Lipinski definition) is 4. The first-order valence-electron chi connectivity index (χ1n) is 6.67. The molecular weight excluding hydrogens is 315 g/mol. The van der Waals surface area contributed by atoms with Gasteiger partial charge in [-0.2, -0.15) is 4.98 Å². The average molecular weight is 329 g/mol. The first-order valence-corrected chi connectivity index (χ1v) is 7.43. The zero-order valence-electron chi connectivity index (χ0n) is 11.3. The van der Waals surface area contributed by atoms with Gasteiger partial charge in [0, 0.05) is 18.1 Å². The minimum atomic E-state index is -0.788. The molecule has 1 aliphatic heterocycles. The van der Waals surface area contributed by atoms with E-state index in [1.54, 1.807) is 12.1 Å². The molecule has 0 saturated carbocycles. The van der Waals surface area contributed by atoms with Gasteiger partial charge < -0.3 is 14.4 Å². The summed E-state index contributed by atoms with van der Waals surface area (Å²) in [6, 6.07) is 3.67. The van der Waals surface area contributed by atoms with E-state index in [0.29, 0.717) is 46.7 Å². The lowest BCUT2D eigenvalue weighted by molar-refractivity contribution is -0.142. The van der Waals surface area contributed by atoms with Crippen LogP contribution < -0.4 is 4.90 Å². The summed E-state index contributed by atoms with van der Waals surface area (Å²) in [5.74, 6) is -0.944. The Morgan fingerprint density at radius 2 is 2.19 bits per heavy atom. The molecule has 3 rings (SSSR count). The maximum atomic E-state index is 11.2. The van der Waals surface area contributed by atoms with Crippen molar-refractivity contribution in [1.82, 2.24) is 4.98 Å². The third-order valence-corrected chi connectivity index (χ3v) is 4.18. The number of carbonyl (C=O) groups is 1. The van der Waals surface area contributed by atoms with E-state index >= 15 is 0 Å². The zero-order valence-corrected chi connectivity index (χ0v) is 12.9. The van der Waals surface area contributed by atoms with Crippen molar-refractivity contribution in [3.63, 3.8) is 0 Å². The topological polar surface area (TPSA) is 66.6 Å². The Labute approximate surface area is 131 Å². The van der Waals surface area contributed by atoms with Gasteiger partial charge in [-0.05, 0) is 24.5 Å². The van der Waals surface area contributed by atoms with Gasteiger partial charge in [0.15, 0.2) is 5.58 Å². The van der Waals surface area contributed by atoms with E-state index in [0.717, 1.165) is 0 Å². The molecule has 7 heteroatoms. The van der Waals surface area contributed by atoms with Crippen LogP contribution in [0.15, 0.2) is 16.5 Å². The van der Waals surface area contributed by atoms with Crippen LogP contribution in [0.1, 0.15) is 13.3 Å². The van der Waals surface area contributed by atoms with Crippen LogP contribution in [0.4, 0.5) is 6.01 Å². The van der Waals surface area contributed by atoms with Crippen molar-refractivity contribution in [2.24, 2.45) is 11.8 Å². The van der Waals surface area contributed by atoms with E-state index in [-0.39, 0.29) is 5.92 Å². The molecule has 2 unspecified atom stereocenters. The van der Waals surface area contributed by atoms with Gasteiger partial charge in [0.05, 0.1) is 10.9 Å². The normalized spacial score (nSPS) is 22.7. The number of fused-ring (bicyclic) bond motifs is 1. The third-order valence-electron chi connectivity index (χ3n) is 3.68. The molecule has 1 aliphatic rings. The van der Waals surface area contributed by atoms with Gasteiger partial charge in [0.25, 0.3) is 6.01 Å². The Morgan fingerprint density at radius 3 is 2.90 bits per heavy atom. The van der Waals surface area contributed by atoms with Crippen molar-refractivity contribution in [3.05, 3.63) is 22.2 Å². The van der Waals surface area contributed by atoms with Gasteiger partial charge in [0.2, 0.25) is 0 Å². The van der Waals surface area contributed by atoms with Crippen LogP contribution in [0.5, 0.6) is 0 Å². The van der Waals surface area contributed by atoms with Crippen LogP contribution in [0.2, 0.25) is 10.0 Å². The molecule has 0 amide bonds. The van der Waals surface area contributed by atoms with Crippen molar-refractivity contribution in [3.8, 4) is 0 Å². The number of oxazole rings is 1. The van der Waals surface area contributed by atoms with Crippen molar-refractivity contribution in [2.75, 3.05) is 18.0 Å². The Balaban J connectivity index is 1.96. The van der Waals surface area contributed by atoms with Crippen molar-refractivity contribution in [2.45, 2.75) is 13.3 Å². The minimum absolute atomic E-state index is 0.258. The Morgan fingerprint density at radius 1 is 1.43 bits per heavy atom. The summed E-state index contributed by atoms with van der Waals surface area (Å²) in [5.41, 5.74) is 1.05. The SMILES string of the molecule is CC1CC(C(=O)O)CN(c2nc3cc(Cl)cc(Cl)c3o2)C1. The standard InChI is InChI=1S/C14H14Cl2N2O3/c1-7-2-8(13(19)20)6-18(5-7)14-17-11-4-9(15)3-10(16)12(11)21-14/h3-4,7-8H,2,5-6H2,1H3,(H,19,20). The minimum Gasteiger partial charge on any atom is -0.481 e. The quantitative estimate of drug-likeness (QED) is 0.910. The van der Waals surface area contributed by atoms with Gasteiger partial charge in [-0.15, -0.1) is 0 Å². The smallest absolute Gasteiger partial charge is 0.308 e. The molecule has 5 nitrogen and oxygen atoms in total. The van der Waals surface area contributed by atoms with Gasteiger partial charge in [-0.1, -0.05) is 30.1 Å². The van der Waals surface area contributed by atoms with E-state index in [1.807, 2.05) is 11.8 Å². The van der Waals surface area contributed by atoms with Crippen LogP contribution in [-0.4, -0.2) is 29.1 Å². The van der Waals surface area contributed by atoms with Gasteiger partial charge in [0.1, 0.15) is 5.52 Å². The summed E-state index contributed by atoms with van der Waals surface area (Å²) in [7, 11) is 0. The molecule has 0 spiro atoms. The number of carboxylic acid groups (broad SMARTS) is 1. The number of carboxylic acids is 1. The monoisotopic (exact) mass is 328 g/mol. The van der Waals surface area contributed by atoms with Crippen LogP contribution in [0.25, 0.3) is 11.1 Å². The fourth-order valence-electron chi connectivity index (χ4n) is 2.77. The molecule has 1 aromatic carbocycles. The van der Waals surface area contributed by atoms with Crippen LogP contribution >= 0.6 is 23.2 Å². The molecule has 1 N–H and O–H groups in total. The second-order valence-corrected chi connectivity index (χ2v) is 6.36. The second kappa shape index (κ2) is 5.39. The fourth-order valence-corrected chi connectivity index (χ4v) is 3.29. The van der Waals surface area contributed by atoms with E-state index < -0.39 is 11.9 Å². The maximum Gasteiger partial charge on any atom is 0.308 e. The predicted molar refractivity (Wildman–Crippen MR) is 81.1 cm³/mol. The number of anilines is 1. The summed E-state index contributed by atoms with van der Waals surface area (Å²) in [5, 5.41) is 10.1. The van der Waals surface area contributed by atoms with Gasteiger partial charge in [-0.3, -0.25) is 4.79 Å². The first-order chi connectivity index (χ1) is 9.94. The summed E-state index contributed by atoms with van der Waals surface area (Å²) in [4.78, 5) is 17.5. The summed E-state index contributed by atoms with van der Waals surface area (Å²) >= 11 is 12.0. The second-order valence-electron chi connectivity index (χ2n) is 5.51. The molecule has 1 fully saturated rings. The average Bonchev–Trinajstić information content (AvgIpc) is 2.82. The number of benzene rings is 1. The molecular formula is C14H14Cl2N2O3. The lowest BCUT2D eigenvalue weighted by Crippen LogP contribution is -2.42. The molecule has 1 saturated heterocycles. The first kappa shape index (κ1) is 14.5. The molecule has 2 atom stereocenters. The molecule has 2 aromatic rings. The molecule has 1 aromatic heterocycles. The van der Waals surface area contributed by atoms with E-state index in [4.69, 9.17) is 27.6 Å². The van der Waals surface area contributed by atoms with Gasteiger partial charge in [-0.25, -0.2) is 0 Å².